The maximum absolute atomic E-state index is 12.4. The van der Waals surface area contributed by atoms with Crippen molar-refractivity contribution in [2.45, 2.75) is 44.5 Å². The monoisotopic (exact) mass is 499 g/mol. The smallest absolute Gasteiger partial charge is 0.391 e. The maximum atomic E-state index is 12.4. The number of anilines is 2. The van der Waals surface area contributed by atoms with E-state index in [4.69, 9.17) is 0 Å². The zero-order valence-electron chi connectivity index (χ0n) is 19.3. The van der Waals surface area contributed by atoms with E-state index in [1.807, 2.05) is 23.6 Å². The van der Waals surface area contributed by atoms with Crippen LogP contribution in [0.5, 0.6) is 0 Å². The molecule has 1 fully saturated rings. The summed E-state index contributed by atoms with van der Waals surface area (Å²) < 4.78 is 38.7. The number of hydrogen-bond donors (Lipinski definition) is 4. The normalized spacial score (nSPS) is 14.7. The molecule has 1 aliphatic rings. The Morgan fingerprint density at radius 2 is 1.97 bits per heavy atom. The van der Waals surface area contributed by atoms with Crippen LogP contribution in [0.15, 0.2) is 42.6 Å². The zero-order valence-corrected chi connectivity index (χ0v) is 19.3. The second kappa shape index (κ2) is 9.26. The second-order valence-electron chi connectivity index (χ2n) is 8.92. The van der Waals surface area contributed by atoms with Crippen LogP contribution in [-0.4, -0.2) is 54.8 Å². The number of aromatic nitrogens is 5. The van der Waals surface area contributed by atoms with Gasteiger partial charge in [-0.1, -0.05) is 12.1 Å². The fourth-order valence-corrected chi connectivity index (χ4v) is 4.07. The van der Waals surface area contributed by atoms with Crippen molar-refractivity contribution >= 4 is 28.4 Å². The number of rotatable bonds is 8. The lowest BCUT2D eigenvalue weighted by Crippen LogP contribution is -2.33. The van der Waals surface area contributed by atoms with Gasteiger partial charge in [0.05, 0.1) is 24.4 Å². The van der Waals surface area contributed by atoms with E-state index >= 15 is 0 Å². The molecule has 1 unspecified atom stereocenters. The molecule has 0 bridgehead atoms. The van der Waals surface area contributed by atoms with Gasteiger partial charge in [0.2, 0.25) is 5.95 Å². The summed E-state index contributed by atoms with van der Waals surface area (Å²) in [6, 6.07) is 9.88. The van der Waals surface area contributed by atoms with Crippen LogP contribution in [0.25, 0.3) is 22.3 Å². The summed E-state index contributed by atoms with van der Waals surface area (Å²) in [6.07, 6.45) is -1.17. The van der Waals surface area contributed by atoms with Crippen molar-refractivity contribution in [2.75, 3.05) is 11.9 Å². The van der Waals surface area contributed by atoms with E-state index in [0.717, 1.165) is 35.0 Å². The van der Waals surface area contributed by atoms with Crippen molar-refractivity contribution in [2.24, 2.45) is 0 Å². The number of aliphatic hydroxyl groups excluding tert-OH is 1. The lowest BCUT2D eigenvalue weighted by Gasteiger charge is -2.13. The molecule has 0 radical (unpaired) electrons. The third kappa shape index (κ3) is 5.18. The van der Waals surface area contributed by atoms with Gasteiger partial charge in [-0.05, 0) is 55.5 Å². The highest BCUT2D eigenvalue weighted by Crippen LogP contribution is 2.47. The molecule has 5 rings (SSSR count). The molecular weight excluding hydrogens is 475 g/mol. The first-order valence-corrected chi connectivity index (χ1v) is 11.5. The summed E-state index contributed by atoms with van der Waals surface area (Å²) in [5, 5.41) is 27.9. The topological polar surface area (TPSA) is 121 Å². The van der Waals surface area contributed by atoms with Gasteiger partial charge in [-0.3, -0.25) is 9.89 Å². The number of hydrogen-bond acceptors (Lipinski definition) is 6. The van der Waals surface area contributed by atoms with E-state index in [1.54, 1.807) is 23.7 Å². The lowest BCUT2D eigenvalue weighted by molar-refractivity contribution is -0.123. The number of benzene rings is 2. The molecule has 0 aliphatic heterocycles. The number of fused-ring (bicyclic) bond motifs is 1. The summed E-state index contributed by atoms with van der Waals surface area (Å²) in [4.78, 5) is 16.6. The molecule has 1 amide bonds. The first-order chi connectivity index (χ1) is 17.2. The molecular formula is C24H24F3N7O2. The fraction of sp³-hybridized carbons (Fsp3) is 0.333. The summed E-state index contributed by atoms with van der Waals surface area (Å²) in [6.45, 7) is 0.438. The summed E-state index contributed by atoms with van der Waals surface area (Å²) in [5.41, 5.74) is 3.65. The van der Waals surface area contributed by atoms with E-state index in [2.05, 4.69) is 25.6 Å². The molecule has 2 aromatic heterocycles. The Hall–Kier alpha value is -3.93. The van der Waals surface area contributed by atoms with E-state index in [-0.39, 0.29) is 12.1 Å². The predicted octanol–water partition coefficient (Wildman–Crippen LogP) is 4.12. The van der Waals surface area contributed by atoms with Crippen molar-refractivity contribution in [3.63, 3.8) is 0 Å². The molecule has 0 spiro atoms. The average molecular weight is 499 g/mol. The number of aliphatic hydroxyl groups is 1. The van der Waals surface area contributed by atoms with Crippen LogP contribution in [0, 0.1) is 0 Å². The van der Waals surface area contributed by atoms with Crippen molar-refractivity contribution < 1.29 is 23.1 Å². The largest absolute Gasteiger partial charge is 0.405 e. The summed E-state index contributed by atoms with van der Waals surface area (Å²) in [5.74, 6) is 0.383. The van der Waals surface area contributed by atoms with Crippen molar-refractivity contribution in [3.8, 4) is 11.4 Å². The van der Waals surface area contributed by atoms with Gasteiger partial charge in [-0.25, -0.2) is 4.68 Å². The van der Waals surface area contributed by atoms with Gasteiger partial charge in [-0.2, -0.15) is 23.3 Å². The molecule has 188 valence electrons. The van der Waals surface area contributed by atoms with Gasteiger partial charge in [0, 0.05) is 22.2 Å². The Labute approximate surface area is 203 Å². The Balaban J connectivity index is 1.42. The van der Waals surface area contributed by atoms with Crippen molar-refractivity contribution in [1.82, 2.24) is 30.3 Å². The second-order valence-corrected chi connectivity index (χ2v) is 8.92. The minimum atomic E-state index is -4.49. The molecule has 2 aromatic carbocycles. The minimum absolute atomic E-state index is 0.0900. The molecule has 0 saturated heterocycles. The summed E-state index contributed by atoms with van der Waals surface area (Å²) >= 11 is 0. The van der Waals surface area contributed by atoms with Crippen LogP contribution in [0.3, 0.4) is 0 Å². The average Bonchev–Trinajstić information content (AvgIpc) is 3.42. The number of H-pyrrole nitrogens is 1. The number of aromatic amines is 1. The SMILES string of the molecule is CC(O)Cn1nc(-c2ccc(C(=O)NCC(F)(F)F)cc2)nc1Nc1ccc2[nH]ncc2c1C1CC1. The molecule has 4 N–H and O–H groups in total. The van der Waals surface area contributed by atoms with Gasteiger partial charge in [0.1, 0.15) is 6.54 Å². The molecule has 1 aliphatic carbocycles. The number of carbonyl (C=O) groups excluding carboxylic acids is 1. The predicted molar refractivity (Wildman–Crippen MR) is 127 cm³/mol. The summed E-state index contributed by atoms with van der Waals surface area (Å²) in [7, 11) is 0. The van der Waals surface area contributed by atoms with Gasteiger partial charge in [-0.15, -0.1) is 5.10 Å². The molecule has 4 aromatic rings. The standard InChI is InChI=1S/C24H24F3N7O2/c1-13(35)11-34-23(30-19-9-8-18-17(10-29-32-18)20(19)14-2-3-14)31-21(33-34)15-4-6-16(7-5-15)22(36)28-12-24(25,26)27/h4-10,13-14,35H,2-3,11-12H2,1H3,(H,28,36)(H,29,32)(H,30,31,33). The van der Waals surface area contributed by atoms with Crippen molar-refractivity contribution in [3.05, 3.63) is 53.7 Å². The third-order valence-electron chi connectivity index (χ3n) is 5.86. The number of amides is 1. The Kier molecular flexibility index (Phi) is 6.12. The Bertz CT molecular complexity index is 1390. The first-order valence-electron chi connectivity index (χ1n) is 11.5. The van der Waals surface area contributed by atoms with Crippen LogP contribution < -0.4 is 10.6 Å². The molecule has 1 atom stereocenters. The molecule has 2 heterocycles. The van der Waals surface area contributed by atoms with Gasteiger partial charge >= 0.3 is 6.18 Å². The van der Waals surface area contributed by atoms with Crippen LogP contribution >= 0.6 is 0 Å². The molecule has 9 nitrogen and oxygen atoms in total. The number of halogens is 3. The van der Waals surface area contributed by atoms with E-state index < -0.39 is 24.7 Å². The van der Waals surface area contributed by atoms with Crippen LogP contribution in [-0.2, 0) is 6.54 Å². The van der Waals surface area contributed by atoms with E-state index in [1.165, 1.54) is 12.1 Å². The minimum Gasteiger partial charge on any atom is -0.391 e. The Morgan fingerprint density at radius 1 is 1.22 bits per heavy atom. The highest BCUT2D eigenvalue weighted by molar-refractivity contribution is 5.94. The number of nitrogens with zero attached hydrogens (tertiary/aromatic N) is 4. The van der Waals surface area contributed by atoms with Crippen molar-refractivity contribution in [1.29, 1.82) is 0 Å². The Morgan fingerprint density at radius 3 is 2.64 bits per heavy atom. The number of alkyl halides is 3. The van der Waals surface area contributed by atoms with Gasteiger partial charge in [0.15, 0.2) is 5.82 Å². The molecule has 12 heteroatoms. The van der Waals surface area contributed by atoms with E-state index in [9.17, 15) is 23.1 Å². The number of nitrogens with one attached hydrogen (secondary N) is 3. The molecule has 36 heavy (non-hydrogen) atoms. The third-order valence-corrected chi connectivity index (χ3v) is 5.86. The highest BCUT2D eigenvalue weighted by Gasteiger charge is 2.30. The quantitative estimate of drug-likeness (QED) is 0.290. The van der Waals surface area contributed by atoms with Gasteiger partial charge in [0.25, 0.3) is 5.91 Å². The van der Waals surface area contributed by atoms with Gasteiger partial charge < -0.3 is 15.7 Å². The number of carbonyl (C=O) groups is 1. The van der Waals surface area contributed by atoms with E-state index in [0.29, 0.717) is 23.3 Å². The van der Waals surface area contributed by atoms with Crippen LogP contribution in [0.2, 0.25) is 0 Å². The molecule has 1 saturated carbocycles. The fourth-order valence-electron chi connectivity index (χ4n) is 4.07. The van der Waals surface area contributed by atoms with Crippen LogP contribution in [0.4, 0.5) is 24.8 Å². The van der Waals surface area contributed by atoms with Crippen LogP contribution in [0.1, 0.15) is 41.6 Å². The lowest BCUT2D eigenvalue weighted by atomic mass is 10.0. The first kappa shape index (κ1) is 23.8. The highest BCUT2D eigenvalue weighted by atomic mass is 19.4. The maximum Gasteiger partial charge on any atom is 0.405 e. The zero-order chi connectivity index (χ0) is 25.4.